The van der Waals surface area contributed by atoms with Gasteiger partial charge >= 0.3 is 0 Å². The highest BCUT2D eigenvalue weighted by atomic mass is 16.5. The average Bonchev–Trinajstić information content (AvgIpc) is 2.68. The zero-order valence-corrected chi connectivity index (χ0v) is 9.70. The Labute approximate surface area is 92.5 Å². The molecule has 0 bridgehead atoms. The summed E-state index contributed by atoms with van der Waals surface area (Å²) >= 11 is 0. The van der Waals surface area contributed by atoms with E-state index in [0.717, 1.165) is 19.1 Å². The van der Waals surface area contributed by atoms with Crippen LogP contribution in [0.15, 0.2) is 30.3 Å². The summed E-state index contributed by atoms with van der Waals surface area (Å²) < 4.78 is 5.62. The van der Waals surface area contributed by atoms with Gasteiger partial charge in [0.2, 0.25) is 0 Å². The smallest absolute Gasteiger partial charge is 0.0563 e. The number of rotatable bonds is 3. The molecule has 0 saturated carbocycles. The maximum absolute atomic E-state index is 5.62. The van der Waals surface area contributed by atoms with Crippen LogP contribution in [-0.4, -0.2) is 13.2 Å². The molecule has 0 N–H and O–H groups in total. The van der Waals surface area contributed by atoms with Gasteiger partial charge in [0.1, 0.15) is 0 Å². The first-order chi connectivity index (χ1) is 7.23. The Bertz CT molecular complexity index is 296. The van der Waals surface area contributed by atoms with Gasteiger partial charge in [0.15, 0.2) is 0 Å². The van der Waals surface area contributed by atoms with Gasteiger partial charge < -0.3 is 4.74 Å². The third-order valence-electron chi connectivity index (χ3n) is 3.29. The molecular weight excluding hydrogens is 184 g/mol. The summed E-state index contributed by atoms with van der Waals surface area (Å²) in [7, 11) is 0. The molecule has 0 aliphatic carbocycles. The Morgan fingerprint density at radius 2 is 2.00 bits per heavy atom. The van der Waals surface area contributed by atoms with Gasteiger partial charge in [-0.2, -0.15) is 0 Å². The van der Waals surface area contributed by atoms with Crippen LogP contribution >= 0.6 is 0 Å². The van der Waals surface area contributed by atoms with Crippen LogP contribution in [0.2, 0.25) is 0 Å². The van der Waals surface area contributed by atoms with Crippen molar-refractivity contribution in [3.8, 4) is 0 Å². The van der Waals surface area contributed by atoms with E-state index in [0.29, 0.717) is 0 Å². The highest BCUT2D eigenvalue weighted by Gasteiger charge is 2.36. The number of hydrogen-bond donors (Lipinski definition) is 0. The SMILES string of the molecule is CC(C)CC1(c2ccccc2)CCOC1. The van der Waals surface area contributed by atoms with Crippen molar-refractivity contribution in [2.75, 3.05) is 13.2 Å². The summed E-state index contributed by atoms with van der Waals surface area (Å²) in [6.07, 6.45) is 2.41. The van der Waals surface area contributed by atoms with Crippen molar-refractivity contribution in [1.82, 2.24) is 0 Å². The first-order valence-electron chi connectivity index (χ1n) is 5.86. The van der Waals surface area contributed by atoms with Gasteiger partial charge in [-0.25, -0.2) is 0 Å². The highest BCUT2D eigenvalue weighted by Crippen LogP contribution is 2.38. The van der Waals surface area contributed by atoms with E-state index in [1.807, 2.05) is 0 Å². The molecule has 0 spiro atoms. The second kappa shape index (κ2) is 4.36. The van der Waals surface area contributed by atoms with Crippen LogP contribution in [-0.2, 0) is 10.2 Å². The van der Waals surface area contributed by atoms with Crippen molar-refractivity contribution in [3.05, 3.63) is 35.9 Å². The van der Waals surface area contributed by atoms with E-state index >= 15 is 0 Å². The molecule has 1 heterocycles. The van der Waals surface area contributed by atoms with E-state index in [4.69, 9.17) is 4.74 Å². The molecule has 0 amide bonds. The van der Waals surface area contributed by atoms with Gasteiger partial charge in [-0.1, -0.05) is 44.2 Å². The molecule has 1 aromatic rings. The Morgan fingerprint density at radius 3 is 2.53 bits per heavy atom. The van der Waals surface area contributed by atoms with Gasteiger partial charge in [0.05, 0.1) is 6.61 Å². The topological polar surface area (TPSA) is 9.23 Å². The number of ether oxygens (including phenoxy) is 1. The average molecular weight is 204 g/mol. The quantitative estimate of drug-likeness (QED) is 0.733. The molecule has 1 fully saturated rings. The molecule has 1 aliphatic heterocycles. The van der Waals surface area contributed by atoms with Crippen LogP contribution in [0.5, 0.6) is 0 Å². The third kappa shape index (κ3) is 2.23. The largest absolute Gasteiger partial charge is 0.380 e. The fourth-order valence-electron chi connectivity index (χ4n) is 2.69. The number of hydrogen-bond acceptors (Lipinski definition) is 1. The van der Waals surface area contributed by atoms with Gasteiger partial charge in [0.25, 0.3) is 0 Å². The van der Waals surface area contributed by atoms with Crippen LogP contribution in [0.25, 0.3) is 0 Å². The van der Waals surface area contributed by atoms with E-state index < -0.39 is 0 Å². The van der Waals surface area contributed by atoms with E-state index in [1.165, 1.54) is 18.4 Å². The lowest BCUT2D eigenvalue weighted by Gasteiger charge is -2.29. The van der Waals surface area contributed by atoms with Crippen molar-refractivity contribution in [1.29, 1.82) is 0 Å². The van der Waals surface area contributed by atoms with E-state index in [-0.39, 0.29) is 5.41 Å². The molecular formula is C14H20O. The van der Waals surface area contributed by atoms with Gasteiger partial charge in [-0.15, -0.1) is 0 Å². The van der Waals surface area contributed by atoms with Crippen LogP contribution in [0.1, 0.15) is 32.3 Å². The standard InChI is InChI=1S/C14H20O/c1-12(2)10-14(8-9-15-11-14)13-6-4-3-5-7-13/h3-7,12H,8-11H2,1-2H3. The second-order valence-corrected chi connectivity index (χ2v) is 5.05. The summed E-state index contributed by atoms with van der Waals surface area (Å²) in [5.74, 6) is 0.729. The lowest BCUT2D eigenvalue weighted by atomic mass is 9.74. The molecule has 1 nitrogen and oxygen atoms in total. The van der Waals surface area contributed by atoms with Gasteiger partial charge in [-0.05, 0) is 24.3 Å². The normalized spacial score (nSPS) is 26.1. The Morgan fingerprint density at radius 1 is 1.27 bits per heavy atom. The predicted octanol–water partition coefficient (Wildman–Crippen LogP) is 3.39. The lowest BCUT2D eigenvalue weighted by molar-refractivity contribution is 0.170. The zero-order chi connectivity index (χ0) is 10.7. The lowest BCUT2D eigenvalue weighted by Crippen LogP contribution is -2.28. The van der Waals surface area contributed by atoms with E-state index in [1.54, 1.807) is 0 Å². The molecule has 0 aromatic heterocycles. The summed E-state index contributed by atoms with van der Waals surface area (Å²) in [6.45, 7) is 6.41. The minimum atomic E-state index is 0.287. The molecule has 1 aromatic carbocycles. The monoisotopic (exact) mass is 204 g/mol. The molecule has 15 heavy (non-hydrogen) atoms. The first kappa shape index (κ1) is 10.7. The zero-order valence-electron chi connectivity index (χ0n) is 9.70. The maximum atomic E-state index is 5.62. The molecule has 1 heteroatoms. The van der Waals surface area contributed by atoms with E-state index in [2.05, 4.69) is 44.2 Å². The molecule has 82 valence electrons. The molecule has 1 aliphatic rings. The van der Waals surface area contributed by atoms with Crippen molar-refractivity contribution in [3.63, 3.8) is 0 Å². The Kier molecular flexibility index (Phi) is 3.11. The fourth-order valence-corrected chi connectivity index (χ4v) is 2.69. The van der Waals surface area contributed by atoms with Gasteiger partial charge in [0, 0.05) is 12.0 Å². The molecule has 1 saturated heterocycles. The number of benzene rings is 1. The highest BCUT2D eigenvalue weighted by molar-refractivity contribution is 5.26. The predicted molar refractivity (Wildman–Crippen MR) is 63.0 cm³/mol. The minimum absolute atomic E-state index is 0.287. The fraction of sp³-hybridized carbons (Fsp3) is 0.571. The van der Waals surface area contributed by atoms with Crippen LogP contribution in [0.3, 0.4) is 0 Å². The Hall–Kier alpha value is -0.820. The maximum Gasteiger partial charge on any atom is 0.0563 e. The second-order valence-electron chi connectivity index (χ2n) is 5.05. The molecule has 2 rings (SSSR count). The van der Waals surface area contributed by atoms with Crippen LogP contribution in [0.4, 0.5) is 0 Å². The summed E-state index contributed by atoms with van der Waals surface area (Å²) in [6, 6.07) is 10.8. The summed E-state index contributed by atoms with van der Waals surface area (Å²) in [5, 5.41) is 0. The molecule has 1 unspecified atom stereocenters. The van der Waals surface area contributed by atoms with Crippen molar-refractivity contribution >= 4 is 0 Å². The third-order valence-corrected chi connectivity index (χ3v) is 3.29. The summed E-state index contributed by atoms with van der Waals surface area (Å²) in [5.41, 5.74) is 1.74. The summed E-state index contributed by atoms with van der Waals surface area (Å²) in [4.78, 5) is 0. The first-order valence-corrected chi connectivity index (χ1v) is 5.86. The molecule has 0 radical (unpaired) electrons. The van der Waals surface area contributed by atoms with Crippen LogP contribution < -0.4 is 0 Å². The van der Waals surface area contributed by atoms with Crippen molar-refractivity contribution in [2.24, 2.45) is 5.92 Å². The minimum Gasteiger partial charge on any atom is -0.380 e. The van der Waals surface area contributed by atoms with Gasteiger partial charge in [-0.3, -0.25) is 0 Å². The van der Waals surface area contributed by atoms with Crippen molar-refractivity contribution in [2.45, 2.75) is 32.1 Å². The van der Waals surface area contributed by atoms with E-state index in [9.17, 15) is 0 Å². The van der Waals surface area contributed by atoms with Crippen molar-refractivity contribution < 1.29 is 4.74 Å². The molecule has 1 atom stereocenters. The van der Waals surface area contributed by atoms with Crippen LogP contribution in [0, 0.1) is 5.92 Å². The Balaban J connectivity index is 2.26.